The third-order valence-corrected chi connectivity index (χ3v) is 3.07. The molecule has 0 unspecified atom stereocenters. The molecular formula is C12H9F3O3. The van der Waals surface area contributed by atoms with Crippen molar-refractivity contribution in [2.24, 2.45) is 5.41 Å². The van der Waals surface area contributed by atoms with Crippen LogP contribution in [0, 0.1) is 5.41 Å². The number of carboxylic acid groups (broad SMARTS) is 1. The van der Waals surface area contributed by atoms with Gasteiger partial charge in [0.15, 0.2) is 5.78 Å². The molecule has 1 saturated carbocycles. The minimum absolute atomic E-state index is 0.0906. The molecule has 0 bridgehead atoms. The summed E-state index contributed by atoms with van der Waals surface area (Å²) in [5.74, 6) is -2.31. The van der Waals surface area contributed by atoms with Crippen LogP contribution in [0.4, 0.5) is 13.2 Å². The van der Waals surface area contributed by atoms with Crippen LogP contribution in [0.5, 0.6) is 0 Å². The monoisotopic (exact) mass is 258 g/mol. The molecule has 6 heteroatoms. The van der Waals surface area contributed by atoms with Gasteiger partial charge in [0.25, 0.3) is 0 Å². The van der Waals surface area contributed by atoms with Crippen LogP contribution in [0.2, 0.25) is 0 Å². The van der Waals surface area contributed by atoms with E-state index < -0.39 is 34.5 Å². The molecule has 1 N–H and O–H groups in total. The number of carbonyl (C=O) groups excluding carboxylic acids is 1. The molecule has 2 rings (SSSR count). The van der Waals surface area contributed by atoms with Crippen molar-refractivity contribution < 1.29 is 27.9 Å². The van der Waals surface area contributed by atoms with E-state index in [1.54, 1.807) is 0 Å². The second-order valence-corrected chi connectivity index (χ2v) is 4.26. The minimum atomic E-state index is -4.67. The number of ketones is 1. The second-order valence-electron chi connectivity index (χ2n) is 4.26. The zero-order chi connectivity index (χ0) is 13.6. The molecule has 0 radical (unpaired) electrons. The predicted molar refractivity (Wildman–Crippen MR) is 55.1 cm³/mol. The van der Waals surface area contributed by atoms with Gasteiger partial charge in [0.2, 0.25) is 0 Å². The molecule has 96 valence electrons. The molecule has 1 fully saturated rings. The van der Waals surface area contributed by atoms with Gasteiger partial charge in [-0.25, -0.2) is 0 Å². The molecule has 0 spiro atoms. The summed E-state index contributed by atoms with van der Waals surface area (Å²) >= 11 is 0. The number of hydrogen-bond donors (Lipinski definition) is 1. The van der Waals surface area contributed by atoms with Crippen LogP contribution in [-0.4, -0.2) is 16.9 Å². The van der Waals surface area contributed by atoms with Crippen molar-refractivity contribution in [2.45, 2.75) is 19.0 Å². The van der Waals surface area contributed by atoms with Crippen molar-refractivity contribution in [3.05, 3.63) is 35.4 Å². The fourth-order valence-electron chi connectivity index (χ4n) is 1.85. The summed E-state index contributed by atoms with van der Waals surface area (Å²) in [6.45, 7) is 0. The summed E-state index contributed by atoms with van der Waals surface area (Å²) in [5, 5.41) is 8.93. The molecule has 0 atom stereocenters. The molecule has 1 aromatic rings. The molecule has 3 nitrogen and oxygen atoms in total. The van der Waals surface area contributed by atoms with Crippen LogP contribution < -0.4 is 0 Å². The largest absolute Gasteiger partial charge is 0.480 e. The lowest BCUT2D eigenvalue weighted by Gasteiger charge is -2.14. The smallest absolute Gasteiger partial charge is 0.417 e. The predicted octanol–water partition coefficient (Wildman–Crippen LogP) is 2.75. The van der Waals surface area contributed by atoms with E-state index in [0.29, 0.717) is 0 Å². The number of benzene rings is 1. The second kappa shape index (κ2) is 3.83. The quantitative estimate of drug-likeness (QED) is 0.670. The van der Waals surface area contributed by atoms with E-state index in [2.05, 4.69) is 0 Å². The summed E-state index contributed by atoms with van der Waals surface area (Å²) in [5.41, 5.74) is -3.30. The SMILES string of the molecule is O=C(O)C1(C(=O)c2ccccc2C(F)(F)F)CC1. The Kier molecular flexibility index (Phi) is 2.68. The van der Waals surface area contributed by atoms with Gasteiger partial charge in [-0.3, -0.25) is 9.59 Å². The maximum Gasteiger partial charge on any atom is 0.417 e. The highest BCUT2D eigenvalue weighted by Crippen LogP contribution is 2.49. The van der Waals surface area contributed by atoms with Gasteiger partial charge < -0.3 is 5.11 Å². The number of carboxylic acids is 1. The van der Waals surface area contributed by atoms with E-state index in [0.717, 1.165) is 12.1 Å². The number of aliphatic carboxylic acids is 1. The van der Waals surface area contributed by atoms with E-state index in [4.69, 9.17) is 5.11 Å². The van der Waals surface area contributed by atoms with Crippen LogP contribution in [0.1, 0.15) is 28.8 Å². The third-order valence-electron chi connectivity index (χ3n) is 3.07. The number of rotatable bonds is 3. The lowest BCUT2D eigenvalue weighted by Crippen LogP contribution is -2.27. The molecule has 1 aliphatic rings. The van der Waals surface area contributed by atoms with E-state index in [1.807, 2.05) is 0 Å². The normalized spacial score (nSPS) is 17.3. The Morgan fingerprint density at radius 3 is 2.17 bits per heavy atom. The average Bonchev–Trinajstić information content (AvgIpc) is 3.08. The first kappa shape index (κ1) is 12.6. The summed E-state index contributed by atoms with van der Waals surface area (Å²) < 4.78 is 38.2. The number of alkyl halides is 3. The van der Waals surface area contributed by atoms with Gasteiger partial charge in [-0.1, -0.05) is 18.2 Å². The first-order valence-corrected chi connectivity index (χ1v) is 5.23. The van der Waals surface area contributed by atoms with E-state index in [9.17, 15) is 22.8 Å². The Hall–Kier alpha value is -1.85. The maximum atomic E-state index is 12.7. The first-order chi connectivity index (χ1) is 8.29. The Labute approximate surface area is 100 Å². The number of Topliss-reactive ketones (excluding diaryl/α,β-unsaturated/α-hetero) is 1. The Morgan fingerprint density at radius 1 is 1.17 bits per heavy atom. The van der Waals surface area contributed by atoms with Crippen LogP contribution in [0.25, 0.3) is 0 Å². The minimum Gasteiger partial charge on any atom is -0.480 e. The zero-order valence-corrected chi connectivity index (χ0v) is 9.12. The molecule has 0 amide bonds. The summed E-state index contributed by atoms with van der Waals surface area (Å²) in [7, 11) is 0. The van der Waals surface area contributed by atoms with Crippen molar-refractivity contribution in [3.63, 3.8) is 0 Å². The van der Waals surface area contributed by atoms with Gasteiger partial charge in [-0.2, -0.15) is 13.2 Å². The number of carbonyl (C=O) groups is 2. The Balaban J connectivity index is 2.47. The van der Waals surface area contributed by atoms with Crippen LogP contribution in [0.15, 0.2) is 24.3 Å². The Morgan fingerprint density at radius 2 is 1.72 bits per heavy atom. The van der Waals surface area contributed by atoms with Crippen LogP contribution >= 0.6 is 0 Å². The molecule has 18 heavy (non-hydrogen) atoms. The summed E-state index contributed by atoms with van der Waals surface area (Å²) in [6.07, 6.45) is -4.48. The Bertz CT molecular complexity index is 516. The van der Waals surface area contributed by atoms with Gasteiger partial charge in [-0.05, 0) is 18.9 Å². The fraction of sp³-hybridized carbons (Fsp3) is 0.333. The molecule has 0 aromatic heterocycles. The van der Waals surface area contributed by atoms with Gasteiger partial charge in [0, 0.05) is 5.56 Å². The van der Waals surface area contributed by atoms with Crippen molar-refractivity contribution in [1.82, 2.24) is 0 Å². The van der Waals surface area contributed by atoms with Gasteiger partial charge in [0.05, 0.1) is 5.56 Å². The van der Waals surface area contributed by atoms with Crippen LogP contribution in [-0.2, 0) is 11.0 Å². The highest BCUT2D eigenvalue weighted by molar-refractivity contribution is 6.15. The highest BCUT2D eigenvalue weighted by Gasteiger charge is 2.58. The first-order valence-electron chi connectivity index (χ1n) is 5.23. The molecule has 0 saturated heterocycles. The van der Waals surface area contributed by atoms with Gasteiger partial charge >= 0.3 is 12.1 Å². The van der Waals surface area contributed by atoms with Gasteiger partial charge in [0.1, 0.15) is 5.41 Å². The van der Waals surface area contributed by atoms with Crippen molar-refractivity contribution in [2.75, 3.05) is 0 Å². The summed E-state index contributed by atoms with van der Waals surface area (Å²) in [4.78, 5) is 22.9. The van der Waals surface area contributed by atoms with Gasteiger partial charge in [-0.15, -0.1) is 0 Å². The molecule has 1 aromatic carbocycles. The molecule has 0 aliphatic heterocycles. The van der Waals surface area contributed by atoms with E-state index >= 15 is 0 Å². The lowest BCUT2D eigenvalue weighted by molar-refractivity contribution is -0.142. The van der Waals surface area contributed by atoms with Crippen LogP contribution in [0.3, 0.4) is 0 Å². The molecular weight excluding hydrogens is 249 g/mol. The molecule has 0 heterocycles. The zero-order valence-electron chi connectivity index (χ0n) is 9.12. The van der Waals surface area contributed by atoms with Crippen molar-refractivity contribution in [3.8, 4) is 0 Å². The van der Waals surface area contributed by atoms with E-state index in [-0.39, 0.29) is 12.8 Å². The fourth-order valence-corrected chi connectivity index (χ4v) is 1.85. The standard InChI is InChI=1S/C12H9F3O3/c13-12(14,15)8-4-2-1-3-7(8)9(16)11(5-6-11)10(17)18/h1-4H,5-6H2,(H,17,18). The van der Waals surface area contributed by atoms with Crippen molar-refractivity contribution >= 4 is 11.8 Å². The highest BCUT2D eigenvalue weighted by atomic mass is 19.4. The third kappa shape index (κ3) is 1.87. The molecule has 1 aliphatic carbocycles. The number of hydrogen-bond acceptors (Lipinski definition) is 2. The summed E-state index contributed by atoms with van der Waals surface area (Å²) in [6, 6.07) is 4.26. The average molecular weight is 258 g/mol. The van der Waals surface area contributed by atoms with E-state index in [1.165, 1.54) is 12.1 Å². The lowest BCUT2D eigenvalue weighted by atomic mass is 9.91. The van der Waals surface area contributed by atoms with Crippen molar-refractivity contribution in [1.29, 1.82) is 0 Å². The topological polar surface area (TPSA) is 54.4 Å². The number of halogens is 3. The maximum absolute atomic E-state index is 12.7.